The van der Waals surface area contributed by atoms with Gasteiger partial charge in [0.1, 0.15) is 0 Å². The van der Waals surface area contributed by atoms with Crippen molar-refractivity contribution in [3.63, 3.8) is 0 Å². The van der Waals surface area contributed by atoms with Gasteiger partial charge in [0.15, 0.2) is 0 Å². The molecule has 2 rings (SSSR count). The minimum atomic E-state index is -3.60. The monoisotopic (exact) mass is 414 g/mol. The van der Waals surface area contributed by atoms with Crippen molar-refractivity contribution in [2.45, 2.75) is 20.4 Å². The molecule has 140 valence electrons. The second-order valence-electron chi connectivity index (χ2n) is 6.09. The summed E-state index contributed by atoms with van der Waals surface area (Å²) >= 11 is 11.9. The molecule has 5 nitrogen and oxygen atoms in total. The maximum absolute atomic E-state index is 12.4. The van der Waals surface area contributed by atoms with E-state index in [0.29, 0.717) is 21.3 Å². The van der Waals surface area contributed by atoms with Crippen molar-refractivity contribution in [3.8, 4) is 0 Å². The molecule has 26 heavy (non-hydrogen) atoms. The van der Waals surface area contributed by atoms with Gasteiger partial charge in [0.2, 0.25) is 15.9 Å². The lowest BCUT2D eigenvalue weighted by atomic mass is 10.1. The van der Waals surface area contributed by atoms with Crippen molar-refractivity contribution < 1.29 is 13.2 Å². The van der Waals surface area contributed by atoms with Gasteiger partial charge in [0.05, 0.1) is 22.8 Å². The standard InChI is InChI=1S/C18H20Cl2N2O3S/c1-12-5-4-6-13(2)18(12)21-17(23)11-22(26(3,24)25)10-14-7-8-15(19)16(20)9-14/h4-9H,10-11H2,1-3H3,(H,21,23). The molecule has 0 atom stereocenters. The van der Waals surface area contributed by atoms with E-state index in [-0.39, 0.29) is 13.1 Å². The summed E-state index contributed by atoms with van der Waals surface area (Å²) in [4.78, 5) is 12.4. The molecule has 2 aromatic rings. The summed E-state index contributed by atoms with van der Waals surface area (Å²) in [6.07, 6.45) is 1.07. The first kappa shape index (κ1) is 20.7. The summed E-state index contributed by atoms with van der Waals surface area (Å²) in [5.41, 5.74) is 3.16. The number of hydrogen-bond donors (Lipinski definition) is 1. The molecule has 8 heteroatoms. The SMILES string of the molecule is Cc1cccc(C)c1NC(=O)CN(Cc1ccc(Cl)c(Cl)c1)S(C)(=O)=O. The molecule has 0 fully saturated rings. The predicted octanol–water partition coefficient (Wildman–Crippen LogP) is 4.01. The average Bonchev–Trinajstić information content (AvgIpc) is 2.53. The van der Waals surface area contributed by atoms with Gasteiger partial charge in [-0.15, -0.1) is 0 Å². The number of nitrogens with zero attached hydrogens (tertiary/aromatic N) is 1. The van der Waals surface area contributed by atoms with E-state index in [1.54, 1.807) is 18.2 Å². The fourth-order valence-corrected chi connectivity index (χ4v) is 3.54. The smallest absolute Gasteiger partial charge is 0.239 e. The molecule has 0 radical (unpaired) electrons. The number of hydrogen-bond acceptors (Lipinski definition) is 3. The molecule has 0 aliphatic carbocycles. The van der Waals surface area contributed by atoms with Crippen molar-refractivity contribution in [3.05, 3.63) is 63.1 Å². The Kier molecular flexibility index (Phi) is 6.69. The van der Waals surface area contributed by atoms with E-state index in [1.807, 2.05) is 32.0 Å². The number of benzene rings is 2. The number of carbonyl (C=O) groups excluding carboxylic acids is 1. The van der Waals surface area contributed by atoms with Gasteiger partial charge in [-0.2, -0.15) is 4.31 Å². The van der Waals surface area contributed by atoms with E-state index in [0.717, 1.165) is 21.7 Å². The van der Waals surface area contributed by atoms with Gasteiger partial charge >= 0.3 is 0 Å². The number of amides is 1. The van der Waals surface area contributed by atoms with Crippen molar-refractivity contribution in [1.29, 1.82) is 0 Å². The number of anilines is 1. The minimum Gasteiger partial charge on any atom is -0.324 e. The van der Waals surface area contributed by atoms with E-state index in [2.05, 4.69) is 5.32 Å². The third-order valence-corrected chi connectivity index (χ3v) is 5.81. The molecule has 0 aliphatic heterocycles. The first-order valence-electron chi connectivity index (χ1n) is 7.83. The fraction of sp³-hybridized carbons (Fsp3) is 0.278. The van der Waals surface area contributed by atoms with Crippen LogP contribution in [0.25, 0.3) is 0 Å². The first-order chi connectivity index (χ1) is 12.1. The summed E-state index contributed by atoms with van der Waals surface area (Å²) < 4.78 is 25.3. The third-order valence-electron chi connectivity index (χ3n) is 3.88. The van der Waals surface area contributed by atoms with Crippen LogP contribution in [0.4, 0.5) is 5.69 Å². The van der Waals surface area contributed by atoms with Crippen LogP contribution in [0, 0.1) is 13.8 Å². The van der Waals surface area contributed by atoms with Crippen molar-refractivity contribution in [2.75, 3.05) is 18.1 Å². The van der Waals surface area contributed by atoms with E-state index in [4.69, 9.17) is 23.2 Å². The van der Waals surface area contributed by atoms with Crippen molar-refractivity contribution >= 4 is 44.8 Å². The zero-order valence-electron chi connectivity index (χ0n) is 14.7. The van der Waals surface area contributed by atoms with Crippen LogP contribution in [-0.4, -0.2) is 31.4 Å². The van der Waals surface area contributed by atoms with Gasteiger partial charge in [-0.05, 0) is 42.7 Å². The zero-order chi connectivity index (χ0) is 19.5. The van der Waals surface area contributed by atoms with Crippen molar-refractivity contribution in [1.82, 2.24) is 4.31 Å². The molecule has 0 heterocycles. The van der Waals surface area contributed by atoms with Gasteiger partial charge in [-0.1, -0.05) is 47.5 Å². The summed E-state index contributed by atoms with van der Waals surface area (Å²) in [6.45, 7) is 3.49. The molecule has 0 unspecified atom stereocenters. The molecular weight excluding hydrogens is 395 g/mol. The van der Waals surface area contributed by atoms with Crippen molar-refractivity contribution in [2.24, 2.45) is 0 Å². The normalized spacial score (nSPS) is 11.6. The highest BCUT2D eigenvalue weighted by atomic mass is 35.5. The lowest BCUT2D eigenvalue weighted by Gasteiger charge is -2.20. The Morgan fingerprint density at radius 2 is 1.69 bits per heavy atom. The highest BCUT2D eigenvalue weighted by Crippen LogP contribution is 2.24. The largest absolute Gasteiger partial charge is 0.324 e. The van der Waals surface area contributed by atoms with Crippen LogP contribution < -0.4 is 5.32 Å². The lowest BCUT2D eigenvalue weighted by Crippen LogP contribution is -2.37. The number of halogens is 2. The zero-order valence-corrected chi connectivity index (χ0v) is 17.0. The summed E-state index contributed by atoms with van der Waals surface area (Å²) in [6, 6.07) is 10.5. The Labute approximate surface area is 164 Å². The number of para-hydroxylation sites is 1. The minimum absolute atomic E-state index is 0.0237. The molecular formula is C18H20Cl2N2O3S. The van der Waals surface area contributed by atoms with Crippen LogP contribution in [0.2, 0.25) is 10.0 Å². The van der Waals surface area contributed by atoms with Crippen LogP contribution in [0.15, 0.2) is 36.4 Å². The number of rotatable bonds is 6. The Morgan fingerprint density at radius 1 is 1.08 bits per heavy atom. The molecule has 0 saturated heterocycles. The molecule has 0 saturated carbocycles. The first-order valence-corrected chi connectivity index (χ1v) is 10.4. The summed E-state index contributed by atoms with van der Waals surface area (Å²) in [7, 11) is -3.60. The van der Waals surface area contributed by atoms with Crippen LogP contribution in [0.5, 0.6) is 0 Å². The molecule has 0 spiro atoms. The summed E-state index contributed by atoms with van der Waals surface area (Å²) in [5, 5.41) is 3.51. The maximum atomic E-state index is 12.4. The number of aryl methyl sites for hydroxylation is 2. The van der Waals surface area contributed by atoms with Crippen LogP contribution in [-0.2, 0) is 21.4 Å². The highest BCUT2D eigenvalue weighted by Gasteiger charge is 2.21. The fourth-order valence-electron chi connectivity index (χ4n) is 2.48. The molecule has 0 aromatic heterocycles. The highest BCUT2D eigenvalue weighted by molar-refractivity contribution is 7.88. The Bertz CT molecular complexity index is 910. The van der Waals surface area contributed by atoms with Gasteiger partial charge < -0.3 is 5.32 Å². The second kappa shape index (κ2) is 8.39. The number of sulfonamides is 1. The summed E-state index contributed by atoms with van der Waals surface area (Å²) in [5.74, 6) is -0.409. The Morgan fingerprint density at radius 3 is 2.23 bits per heavy atom. The average molecular weight is 415 g/mol. The van der Waals surface area contributed by atoms with Gasteiger partial charge in [-0.25, -0.2) is 8.42 Å². The topological polar surface area (TPSA) is 66.5 Å². The van der Waals surface area contributed by atoms with Gasteiger partial charge in [-0.3, -0.25) is 4.79 Å². The second-order valence-corrected chi connectivity index (χ2v) is 8.89. The number of nitrogens with one attached hydrogen (secondary N) is 1. The van der Waals surface area contributed by atoms with Crippen LogP contribution in [0.3, 0.4) is 0 Å². The molecule has 2 aromatic carbocycles. The van der Waals surface area contributed by atoms with Crippen LogP contribution >= 0.6 is 23.2 Å². The molecule has 0 aliphatic rings. The molecule has 1 amide bonds. The molecule has 1 N–H and O–H groups in total. The Hall–Kier alpha value is -1.60. The Balaban J connectivity index is 2.17. The quantitative estimate of drug-likeness (QED) is 0.775. The van der Waals surface area contributed by atoms with E-state index in [9.17, 15) is 13.2 Å². The third kappa shape index (κ3) is 5.45. The van der Waals surface area contributed by atoms with Gasteiger partial charge in [0, 0.05) is 12.2 Å². The van der Waals surface area contributed by atoms with Crippen LogP contribution in [0.1, 0.15) is 16.7 Å². The molecule has 0 bridgehead atoms. The lowest BCUT2D eigenvalue weighted by molar-refractivity contribution is -0.116. The van der Waals surface area contributed by atoms with E-state index >= 15 is 0 Å². The van der Waals surface area contributed by atoms with E-state index in [1.165, 1.54) is 0 Å². The van der Waals surface area contributed by atoms with Gasteiger partial charge in [0.25, 0.3) is 0 Å². The maximum Gasteiger partial charge on any atom is 0.239 e. The van der Waals surface area contributed by atoms with E-state index < -0.39 is 15.9 Å². The predicted molar refractivity (Wildman–Crippen MR) is 106 cm³/mol. The number of carbonyl (C=O) groups is 1.